The Morgan fingerprint density at radius 1 is 1.31 bits per heavy atom. The number of nitrogens with one attached hydrogen (secondary N) is 3. The summed E-state index contributed by atoms with van der Waals surface area (Å²) < 4.78 is 12.6. The molecule has 0 amide bonds. The van der Waals surface area contributed by atoms with Crippen LogP contribution in [-0.2, 0) is 0 Å². The molecule has 4 nitrogen and oxygen atoms in total. The number of halogens is 2. The molecule has 2 rings (SSSR count). The fourth-order valence-electron chi connectivity index (χ4n) is 2.46. The quantitative estimate of drug-likeness (QED) is 0.351. The minimum absolute atomic E-state index is 0.158. The Morgan fingerprint density at radius 2 is 1.83 bits per heavy atom. The summed E-state index contributed by atoms with van der Waals surface area (Å²) >= 11 is 5.98. The molecule has 0 saturated carbocycles. The molecule has 1 unspecified atom stereocenters. The van der Waals surface area contributed by atoms with Gasteiger partial charge in [0.2, 0.25) is 0 Å². The second-order valence-corrected chi connectivity index (χ2v) is 8.82. The Bertz CT molecular complexity index is 548. The van der Waals surface area contributed by atoms with Crippen molar-refractivity contribution >= 4 is 17.3 Å². The van der Waals surface area contributed by atoms with E-state index in [1.807, 2.05) is 46.8 Å². The van der Waals surface area contributed by atoms with Crippen LogP contribution in [0.25, 0.3) is 0 Å². The number of aryl methyl sites for hydroxylation is 1. The molecule has 0 aromatic heterocycles. The van der Waals surface area contributed by atoms with E-state index in [4.69, 9.17) is 11.6 Å². The van der Waals surface area contributed by atoms with E-state index in [9.17, 15) is 4.39 Å². The summed E-state index contributed by atoms with van der Waals surface area (Å²) in [6.45, 7) is 24.2. The molecule has 5 N–H and O–H groups in total. The van der Waals surface area contributed by atoms with Crippen LogP contribution >= 0.6 is 11.6 Å². The molecule has 1 saturated heterocycles. The molecule has 1 aromatic rings. The molecule has 6 heteroatoms. The van der Waals surface area contributed by atoms with E-state index < -0.39 is 6.17 Å². The van der Waals surface area contributed by atoms with Gasteiger partial charge in [0.25, 0.3) is 0 Å². The Hall–Kier alpha value is -1.56. The third-order valence-corrected chi connectivity index (χ3v) is 4.41. The van der Waals surface area contributed by atoms with Gasteiger partial charge in [-0.3, -0.25) is 0 Å². The molecular formula is C23H42ClFN4. The van der Waals surface area contributed by atoms with E-state index >= 15 is 0 Å². The van der Waals surface area contributed by atoms with Crippen molar-refractivity contribution in [1.82, 2.24) is 10.7 Å². The van der Waals surface area contributed by atoms with Crippen molar-refractivity contribution < 1.29 is 4.39 Å². The van der Waals surface area contributed by atoms with Crippen molar-refractivity contribution in [3.05, 3.63) is 54.7 Å². The van der Waals surface area contributed by atoms with Gasteiger partial charge >= 0.3 is 0 Å². The van der Waals surface area contributed by atoms with Gasteiger partial charge in [0.1, 0.15) is 6.17 Å². The van der Waals surface area contributed by atoms with Gasteiger partial charge < -0.3 is 16.5 Å². The molecule has 0 aliphatic carbocycles. The van der Waals surface area contributed by atoms with E-state index in [2.05, 4.69) is 54.6 Å². The third kappa shape index (κ3) is 14.1. The zero-order valence-electron chi connectivity index (χ0n) is 19.2. The van der Waals surface area contributed by atoms with Gasteiger partial charge in [-0.1, -0.05) is 52.8 Å². The molecule has 1 aromatic carbocycles. The molecule has 1 fully saturated rings. The van der Waals surface area contributed by atoms with Gasteiger partial charge in [0.15, 0.2) is 0 Å². The number of nitrogens with two attached hydrogens (primary N) is 1. The van der Waals surface area contributed by atoms with Gasteiger partial charge in [-0.2, -0.15) is 0 Å². The van der Waals surface area contributed by atoms with Crippen molar-refractivity contribution in [2.24, 2.45) is 16.6 Å². The lowest BCUT2D eigenvalue weighted by molar-refractivity contribution is 0.158. The lowest BCUT2D eigenvalue weighted by Crippen LogP contribution is -2.56. The fraction of sp³-hybridized carbons (Fsp3) is 0.565. The molecule has 1 aliphatic heterocycles. The minimum Gasteiger partial charge on any atom is -0.405 e. The number of alkyl halides is 1. The van der Waals surface area contributed by atoms with Crippen LogP contribution in [-0.4, -0.2) is 25.8 Å². The van der Waals surface area contributed by atoms with Crippen LogP contribution in [0.3, 0.4) is 0 Å². The molecule has 0 bridgehead atoms. The maximum Gasteiger partial charge on any atom is 0.105 e. The molecule has 1 heterocycles. The van der Waals surface area contributed by atoms with Crippen molar-refractivity contribution in [3.8, 4) is 0 Å². The molecule has 168 valence electrons. The predicted molar refractivity (Wildman–Crippen MR) is 129 cm³/mol. The normalized spacial score (nSPS) is 14.9. The summed E-state index contributed by atoms with van der Waals surface area (Å²) in [6.07, 6.45) is 1.23. The topological polar surface area (TPSA) is 62.1 Å². The minimum atomic E-state index is -0.650. The van der Waals surface area contributed by atoms with Gasteiger partial charge in [0, 0.05) is 30.1 Å². The second kappa shape index (κ2) is 15.3. The van der Waals surface area contributed by atoms with E-state index in [1.54, 1.807) is 0 Å². The van der Waals surface area contributed by atoms with Crippen molar-refractivity contribution in [3.63, 3.8) is 0 Å². The third-order valence-electron chi connectivity index (χ3n) is 4.19. The smallest absolute Gasteiger partial charge is 0.105 e. The van der Waals surface area contributed by atoms with Crippen LogP contribution < -0.4 is 21.9 Å². The molecule has 0 radical (unpaired) electrons. The number of rotatable bonds is 5. The maximum atomic E-state index is 12.6. The Balaban J connectivity index is 0. The highest BCUT2D eigenvalue weighted by atomic mass is 35.5. The lowest BCUT2D eigenvalue weighted by atomic mass is 9.84. The van der Waals surface area contributed by atoms with Gasteiger partial charge in [-0.05, 0) is 48.7 Å². The summed E-state index contributed by atoms with van der Waals surface area (Å²) in [7, 11) is 0. The summed E-state index contributed by atoms with van der Waals surface area (Å²) in [5, 5.41) is 4.04. The molecular weight excluding hydrogens is 387 g/mol. The average molecular weight is 429 g/mol. The maximum absolute atomic E-state index is 12.6. The van der Waals surface area contributed by atoms with Crippen LogP contribution in [0.2, 0.25) is 5.02 Å². The highest BCUT2D eigenvalue weighted by Crippen LogP contribution is 2.24. The number of anilines is 1. The first-order valence-corrected chi connectivity index (χ1v) is 10.3. The number of hydrogen-bond donors (Lipinski definition) is 4. The largest absolute Gasteiger partial charge is 0.405 e. The van der Waals surface area contributed by atoms with Crippen LogP contribution in [0.1, 0.15) is 46.6 Å². The van der Waals surface area contributed by atoms with E-state index in [0.717, 1.165) is 35.9 Å². The average Bonchev–Trinajstić information content (AvgIpc) is 2.61. The highest BCUT2D eigenvalue weighted by molar-refractivity contribution is 6.30. The lowest BCUT2D eigenvalue weighted by Gasteiger charge is -2.39. The SMILES string of the molecule is C=C.C=CN.CCC(F)C(C)(C)C.Cc1cc(Cl)cc(NNCC2(C)CNC2)c1. The Morgan fingerprint density at radius 3 is 2.14 bits per heavy atom. The number of hydrogen-bond acceptors (Lipinski definition) is 4. The van der Waals surface area contributed by atoms with Gasteiger partial charge in [-0.15, -0.1) is 13.2 Å². The summed E-state index contributed by atoms with van der Waals surface area (Å²) in [4.78, 5) is 0. The van der Waals surface area contributed by atoms with Gasteiger partial charge in [0.05, 0.1) is 5.69 Å². The molecule has 1 aliphatic rings. The van der Waals surface area contributed by atoms with Crippen molar-refractivity contribution in [2.45, 2.75) is 54.1 Å². The Kier molecular flexibility index (Phi) is 15.6. The van der Waals surface area contributed by atoms with Crippen LogP contribution in [0.4, 0.5) is 10.1 Å². The predicted octanol–water partition coefficient (Wildman–Crippen LogP) is 5.85. The first-order chi connectivity index (χ1) is 13.5. The van der Waals surface area contributed by atoms with Crippen molar-refractivity contribution in [1.29, 1.82) is 0 Å². The molecule has 29 heavy (non-hydrogen) atoms. The molecule has 0 spiro atoms. The number of benzene rings is 1. The summed E-state index contributed by atoms with van der Waals surface area (Å²) in [6, 6.07) is 5.94. The standard InChI is InChI=1S/C12H18ClN3.C7H15F.C2H5N.C2H4/c1-9-3-10(13)5-11(4-9)16-15-8-12(2)6-14-7-12;1-5-6(8)7(2,3)4;1-2-3;1-2/h3-5,14-16H,6-8H2,1-2H3;6H,5H2,1-4H3;2H,1,3H2;1-2H2. The highest BCUT2D eigenvalue weighted by Gasteiger charge is 2.30. The van der Waals surface area contributed by atoms with Crippen molar-refractivity contribution in [2.75, 3.05) is 25.1 Å². The second-order valence-electron chi connectivity index (χ2n) is 8.39. The summed E-state index contributed by atoms with van der Waals surface area (Å²) in [5.74, 6) is 0. The fourth-order valence-corrected chi connectivity index (χ4v) is 2.75. The first kappa shape index (κ1) is 29.6. The van der Waals surface area contributed by atoms with Crippen LogP contribution in [0.15, 0.2) is 44.1 Å². The van der Waals surface area contributed by atoms with Crippen LogP contribution in [0, 0.1) is 17.8 Å². The Labute approximate surface area is 183 Å². The molecule has 1 atom stereocenters. The van der Waals surface area contributed by atoms with E-state index in [1.165, 1.54) is 6.20 Å². The zero-order valence-corrected chi connectivity index (χ0v) is 19.9. The van der Waals surface area contributed by atoms with E-state index in [0.29, 0.717) is 11.8 Å². The number of hydrazine groups is 1. The first-order valence-electron chi connectivity index (χ1n) is 9.91. The summed E-state index contributed by atoms with van der Waals surface area (Å²) in [5.41, 5.74) is 13.4. The van der Waals surface area contributed by atoms with E-state index in [-0.39, 0.29) is 5.41 Å². The monoisotopic (exact) mass is 428 g/mol. The van der Waals surface area contributed by atoms with Crippen LogP contribution in [0.5, 0.6) is 0 Å². The zero-order chi connectivity index (χ0) is 23.1. The van der Waals surface area contributed by atoms with Gasteiger partial charge in [-0.25, -0.2) is 9.82 Å².